The smallest absolute Gasteiger partial charge is 0.356 e. The molecule has 0 saturated carbocycles. The molecule has 4 nitrogen and oxygen atoms in total. The maximum atomic E-state index is 12.2. The van der Waals surface area contributed by atoms with Crippen molar-refractivity contribution in [1.29, 1.82) is 0 Å². The number of carbonyl (C=O) groups is 1. The first-order valence-electron chi connectivity index (χ1n) is 6.61. The summed E-state index contributed by atoms with van der Waals surface area (Å²) in [7, 11) is 1.83. The molecule has 7 heteroatoms. The van der Waals surface area contributed by atoms with Gasteiger partial charge in [0.1, 0.15) is 0 Å². The first kappa shape index (κ1) is 16.2. The zero-order chi connectivity index (χ0) is 14.3. The lowest BCUT2D eigenvalue weighted by molar-refractivity contribution is -0.143. The molecule has 0 bridgehead atoms. The second kappa shape index (κ2) is 7.69. The van der Waals surface area contributed by atoms with Gasteiger partial charge in [0.2, 0.25) is 5.91 Å². The van der Waals surface area contributed by atoms with Gasteiger partial charge in [0, 0.05) is 19.5 Å². The molecule has 112 valence electrons. The third kappa shape index (κ3) is 7.37. The third-order valence-electron chi connectivity index (χ3n) is 3.19. The third-order valence-corrected chi connectivity index (χ3v) is 3.19. The summed E-state index contributed by atoms with van der Waals surface area (Å²) in [5, 5.41) is 5.75. The van der Waals surface area contributed by atoms with Gasteiger partial charge in [-0.2, -0.15) is 13.2 Å². The molecule has 1 atom stereocenters. The minimum Gasteiger partial charge on any atom is -0.356 e. The van der Waals surface area contributed by atoms with Crippen LogP contribution in [0.4, 0.5) is 13.2 Å². The number of amides is 1. The number of nitrogens with zero attached hydrogens (tertiary/aromatic N) is 1. The molecule has 2 N–H and O–H groups in total. The zero-order valence-electron chi connectivity index (χ0n) is 11.2. The van der Waals surface area contributed by atoms with Crippen molar-refractivity contribution in [3.8, 4) is 0 Å². The molecule has 0 aliphatic carbocycles. The highest BCUT2D eigenvalue weighted by molar-refractivity contribution is 5.75. The van der Waals surface area contributed by atoms with Crippen LogP contribution in [0.15, 0.2) is 0 Å². The number of likely N-dealkylation sites (tertiary alicyclic amines) is 1. The largest absolute Gasteiger partial charge is 0.401 e. The molecule has 19 heavy (non-hydrogen) atoms. The SMILES string of the molecule is CNCCCC(=O)NCC1CCN(CC(F)(F)F)C1. The first-order chi connectivity index (χ1) is 8.90. The Bertz CT molecular complexity index is 284. The Kier molecular flexibility index (Phi) is 6.57. The molecule has 0 aromatic heterocycles. The van der Waals surface area contributed by atoms with Crippen molar-refractivity contribution < 1.29 is 18.0 Å². The Labute approximate surface area is 111 Å². The van der Waals surface area contributed by atoms with E-state index in [1.807, 2.05) is 7.05 Å². The van der Waals surface area contributed by atoms with Gasteiger partial charge >= 0.3 is 6.18 Å². The summed E-state index contributed by atoms with van der Waals surface area (Å²) < 4.78 is 36.6. The average molecular weight is 281 g/mol. The summed E-state index contributed by atoms with van der Waals surface area (Å²) in [5.41, 5.74) is 0. The minimum atomic E-state index is -4.13. The molecular formula is C12H22F3N3O. The molecule has 1 aliphatic heterocycles. The summed E-state index contributed by atoms with van der Waals surface area (Å²) in [5.74, 6) is 0.111. The topological polar surface area (TPSA) is 44.4 Å². The molecule has 0 aromatic rings. The second-order valence-corrected chi connectivity index (χ2v) is 5.02. The molecule has 1 unspecified atom stereocenters. The maximum absolute atomic E-state index is 12.2. The van der Waals surface area contributed by atoms with Crippen LogP contribution in [0.1, 0.15) is 19.3 Å². The van der Waals surface area contributed by atoms with E-state index in [9.17, 15) is 18.0 Å². The molecule has 1 fully saturated rings. The van der Waals surface area contributed by atoms with Crippen LogP contribution in [-0.2, 0) is 4.79 Å². The lowest BCUT2D eigenvalue weighted by Gasteiger charge is -2.18. The van der Waals surface area contributed by atoms with Crippen LogP contribution in [0, 0.1) is 5.92 Å². The van der Waals surface area contributed by atoms with E-state index in [4.69, 9.17) is 0 Å². The Hall–Kier alpha value is -0.820. The fourth-order valence-corrected chi connectivity index (χ4v) is 2.25. The molecule has 1 saturated heterocycles. The van der Waals surface area contributed by atoms with E-state index in [2.05, 4.69) is 10.6 Å². The van der Waals surface area contributed by atoms with E-state index >= 15 is 0 Å². The van der Waals surface area contributed by atoms with Crippen molar-refractivity contribution in [2.45, 2.75) is 25.4 Å². The highest BCUT2D eigenvalue weighted by Crippen LogP contribution is 2.22. The number of hydrogen-bond acceptors (Lipinski definition) is 3. The average Bonchev–Trinajstić information content (AvgIpc) is 2.72. The molecule has 1 amide bonds. The Balaban J connectivity index is 2.13. The summed E-state index contributed by atoms with van der Waals surface area (Å²) in [6, 6.07) is 0. The quantitative estimate of drug-likeness (QED) is 0.684. The van der Waals surface area contributed by atoms with Crippen molar-refractivity contribution in [1.82, 2.24) is 15.5 Å². The predicted octanol–water partition coefficient (Wildman–Crippen LogP) is 0.986. The number of nitrogens with one attached hydrogen (secondary N) is 2. The van der Waals surface area contributed by atoms with Crippen molar-refractivity contribution in [3.05, 3.63) is 0 Å². The van der Waals surface area contributed by atoms with Crippen LogP contribution < -0.4 is 10.6 Å². The van der Waals surface area contributed by atoms with Gasteiger partial charge < -0.3 is 10.6 Å². The standard InChI is InChI=1S/C12H22F3N3O/c1-16-5-2-3-11(19)17-7-10-4-6-18(8-10)9-12(13,14)15/h10,16H,2-9H2,1H3,(H,17,19). The minimum absolute atomic E-state index is 0.0236. The Morgan fingerprint density at radius 3 is 2.79 bits per heavy atom. The van der Waals surface area contributed by atoms with Crippen LogP contribution in [0.5, 0.6) is 0 Å². The van der Waals surface area contributed by atoms with Gasteiger partial charge in [-0.1, -0.05) is 0 Å². The van der Waals surface area contributed by atoms with E-state index in [-0.39, 0.29) is 11.8 Å². The van der Waals surface area contributed by atoms with Gasteiger partial charge in [-0.15, -0.1) is 0 Å². The monoisotopic (exact) mass is 281 g/mol. The predicted molar refractivity (Wildman–Crippen MR) is 66.8 cm³/mol. The fraction of sp³-hybridized carbons (Fsp3) is 0.917. The van der Waals surface area contributed by atoms with E-state index in [0.717, 1.165) is 13.0 Å². The molecule has 0 radical (unpaired) electrons. The summed E-state index contributed by atoms with van der Waals surface area (Å²) in [6.45, 7) is 1.29. The fourth-order valence-electron chi connectivity index (χ4n) is 2.25. The Morgan fingerprint density at radius 1 is 1.42 bits per heavy atom. The molecule has 1 rings (SSSR count). The van der Waals surface area contributed by atoms with E-state index in [0.29, 0.717) is 32.5 Å². The number of hydrogen-bond donors (Lipinski definition) is 2. The van der Waals surface area contributed by atoms with Crippen LogP contribution in [0.3, 0.4) is 0 Å². The van der Waals surface area contributed by atoms with Crippen molar-refractivity contribution in [2.75, 3.05) is 39.8 Å². The second-order valence-electron chi connectivity index (χ2n) is 5.02. The molecule has 0 aromatic carbocycles. The van der Waals surface area contributed by atoms with Crippen LogP contribution in [0.25, 0.3) is 0 Å². The van der Waals surface area contributed by atoms with Gasteiger partial charge in [0.05, 0.1) is 6.54 Å². The molecule has 0 spiro atoms. The number of alkyl halides is 3. The number of carbonyl (C=O) groups excluding carboxylic acids is 1. The van der Waals surface area contributed by atoms with Crippen LogP contribution in [0.2, 0.25) is 0 Å². The van der Waals surface area contributed by atoms with Gasteiger partial charge in [-0.3, -0.25) is 9.69 Å². The molecule has 1 heterocycles. The summed E-state index contributed by atoms with van der Waals surface area (Å²) in [6.07, 6.45) is -2.19. The normalized spacial score (nSPS) is 20.7. The van der Waals surface area contributed by atoms with Gasteiger partial charge in [-0.25, -0.2) is 0 Å². The lowest BCUT2D eigenvalue weighted by atomic mass is 10.1. The van der Waals surface area contributed by atoms with Crippen molar-refractivity contribution in [3.63, 3.8) is 0 Å². The van der Waals surface area contributed by atoms with E-state index < -0.39 is 12.7 Å². The number of halogens is 3. The van der Waals surface area contributed by atoms with E-state index in [1.54, 1.807) is 0 Å². The van der Waals surface area contributed by atoms with Gasteiger partial charge in [0.15, 0.2) is 0 Å². The van der Waals surface area contributed by atoms with Gasteiger partial charge in [0.25, 0.3) is 0 Å². The summed E-state index contributed by atoms with van der Waals surface area (Å²) >= 11 is 0. The first-order valence-corrected chi connectivity index (χ1v) is 6.61. The zero-order valence-corrected chi connectivity index (χ0v) is 11.2. The van der Waals surface area contributed by atoms with Gasteiger partial charge in [-0.05, 0) is 38.9 Å². The highest BCUT2D eigenvalue weighted by Gasteiger charge is 2.34. The van der Waals surface area contributed by atoms with E-state index in [1.165, 1.54) is 4.90 Å². The molecule has 1 aliphatic rings. The van der Waals surface area contributed by atoms with Crippen LogP contribution in [-0.4, -0.2) is 56.8 Å². The Morgan fingerprint density at radius 2 is 2.16 bits per heavy atom. The maximum Gasteiger partial charge on any atom is 0.401 e. The number of rotatable bonds is 7. The highest BCUT2D eigenvalue weighted by atomic mass is 19.4. The summed E-state index contributed by atoms with van der Waals surface area (Å²) in [4.78, 5) is 12.9. The van der Waals surface area contributed by atoms with Crippen molar-refractivity contribution in [2.24, 2.45) is 5.92 Å². The lowest BCUT2D eigenvalue weighted by Crippen LogP contribution is -2.34. The van der Waals surface area contributed by atoms with Crippen molar-refractivity contribution >= 4 is 5.91 Å². The van der Waals surface area contributed by atoms with Crippen LogP contribution >= 0.6 is 0 Å². The molecular weight excluding hydrogens is 259 g/mol.